The number of carbonyl (C=O) groups excluding carboxylic acids is 3. The molecule has 1 aromatic carbocycles. The van der Waals surface area contributed by atoms with Gasteiger partial charge in [-0.15, -0.1) is 0 Å². The first-order chi connectivity index (χ1) is 12.0. The highest BCUT2D eigenvalue weighted by atomic mass is 16.5. The summed E-state index contributed by atoms with van der Waals surface area (Å²) in [4.78, 5) is 34.9. The van der Waals surface area contributed by atoms with Gasteiger partial charge in [0.2, 0.25) is 0 Å². The van der Waals surface area contributed by atoms with Crippen LogP contribution in [0.25, 0.3) is 11.0 Å². The van der Waals surface area contributed by atoms with Crippen molar-refractivity contribution in [3.8, 4) is 0 Å². The molecule has 1 aromatic heterocycles. The second kappa shape index (κ2) is 8.81. The van der Waals surface area contributed by atoms with Crippen molar-refractivity contribution in [2.75, 3.05) is 13.2 Å². The zero-order chi connectivity index (χ0) is 18.2. The summed E-state index contributed by atoms with van der Waals surface area (Å²) in [5.74, 6) is -0.876. The minimum absolute atomic E-state index is 0.120. The first kappa shape index (κ1) is 18.4. The number of amides is 3. The van der Waals surface area contributed by atoms with Gasteiger partial charge in [-0.05, 0) is 24.5 Å². The van der Waals surface area contributed by atoms with Gasteiger partial charge >= 0.3 is 12.0 Å². The Balaban J connectivity index is 1.72. The van der Waals surface area contributed by atoms with E-state index in [0.29, 0.717) is 29.1 Å². The Hall–Kier alpha value is -2.90. The number of aromatic nitrogens is 1. The predicted molar refractivity (Wildman–Crippen MR) is 89.7 cm³/mol. The zero-order valence-corrected chi connectivity index (χ0v) is 14.2. The number of fused-ring (bicyclic) bond motifs is 1. The van der Waals surface area contributed by atoms with Crippen molar-refractivity contribution in [1.82, 2.24) is 15.8 Å². The van der Waals surface area contributed by atoms with Crippen LogP contribution in [0.4, 0.5) is 4.79 Å². The van der Waals surface area contributed by atoms with Crippen molar-refractivity contribution in [3.63, 3.8) is 0 Å². The van der Waals surface area contributed by atoms with Crippen LogP contribution in [0.2, 0.25) is 0 Å². The van der Waals surface area contributed by atoms with Crippen molar-refractivity contribution in [3.05, 3.63) is 30.0 Å². The van der Waals surface area contributed by atoms with E-state index in [-0.39, 0.29) is 6.42 Å². The van der Waals surface area contributed by atoms with Crippen molar-refractivity contribution in [1.29, 1.82) is 0 Å². The van der Waals surface area contributed by atoms with E-state index in [1.54, 1.807) is 24.3 Å². The second-order valence-electron chi connectivity index (χ2n) is 5.95. The molecule has 8 nitrogen and oxygen atoms in total. The molecule has 0 aliphatic heterocycles. The van der Waals surface area contributed by atoms with Gasteiger partial charge in [-0.25, -0.2) is 4.79 Å². The van der Waals surface area contributed by atoms with E-state index in [4.69, 9.17) is 9.26 Å². The molecule has 0 unspecified atom stereocenters. The summed E-state index contributed by atoms with van der Waals surface area (Å²) in [6.45, 7) is 3.99. The van der Waals surface area contributed by atoms with Gasteiger partial charge in [0, 0.05) is 11.9 Å². The molecule has 1 heterocycles. The van der Waals surface area contributed by atoms with Crippen LogP contribution in [0.3, 0.4) is 0 Å². The molecule has 3 amide bonds. The largest absolute Gasteiger partial charge is 0.455 e. The average Bonchev–Trinajstić information content (AvgIpc) is 2.96. The SMILES string of the molecule is CC(C)CCNC(=O)NC(=O)COC(=O)Cc1noc2ccccc12. The summed E-state index contributed by atoms with van der Waals surface area (Å²) >= 11 is 0. The van der Waals surface area contributed by atoms with Crippen LogP contribution in [0.15, 0.2) is 28.8 Å². The van der Waals surface area contributed by atoms with Gasteiger partial charge < -0.3 is 14.6 Å². The Morgan fingerprint density at radius 1 is 1.24 bits per heavy atom. The standard InChI is InChI=1S/C17H21N3O5/c1-11(2)7-8-18-17(23)19-15(21)10-24-16(22)9-13-12-5-3-4-6-14(12)25-20-13/h3-6,11H,7-10H2,1-2H3,(H2,18,19,21,23). The normalized spacial score (nSPS) is 10.7. The summed E-state index contributed by atoms with van der Waals surface area (Å²) in [5.41, 5.74) is 1.01. The Morgan fingerprint density at radius 2 is 2.00 bits per heavy atom. The van der Waals surface area contributed by atoms with Crippen LogP contribution in [0.1, 0.15) is 26.0 Å². The lowest BCUT2D eigenvalue weighted by molar-refractivity contribution is -0.147. The average molecular weight is 347 g/mol. The topological polar surface area (TPSA) is 111 Å². The quantitative estimate of drug-likeness (QED) is 0.739. The molecule has 0 radical (unpaired) electrons. The third kappa shape index (κ3) is 5.91. The zero-order valence-electron chi connectivity index (χ0n) is 14.2. The number of esters is 1. The van der Waals surface area contributed by atoms with Crippen LogP contribution in [0.5, 0.6) is 0 Å². The van der Waals surface area contributed by atoms with E-state index in [9.17, 15) is 14.4 Å². The fourth-order valence-corrected chi connectivity index (χ4v) is 2.08. The van der Waals surface area contributed by atoms with E-state index in [1.165, 1.54) is 0 Å². The van der Waals surface area contributed by atoms with Crippen LogP contribution in [-0.4, -0.2) is 36.2 Å². The number of ether oxygens (including phenoxy) is 1. The van der Waals surface area contributed by atoms with Crippen molar-refractivity contribution in [2.24, 2.45) is 5.92 Å². The maximum atomic E-state index is 11.8. The Kier molecular flexibility index (Phi) is 6.50. The lowest BCUT2D eigenvalue weighted by Crippen LogP contribution is -2.42. The number of carbonyl (C=O) groups is 3. The second-order valence-corrected chi connectivity index (χ2v) is 5.95. The van der Waals surface area contributed by atoms with Crippen molar-refractivity contribution < 1.29 is 23.6 Å². The highest BCUT2D eigenvalue weighted by Gasteiger charge is 2.15. The fraction of sp³-hybridized carbons (Fsp3) is 0.412. The van der Waals surface area contributed by atoms with Crippen LogP contribution in [-0.2, 0) is 20.7 Å². The molecule has 8 heteroatoms. The lowest BCUT2D eigenvalue weighted by atomic mass is 10.1. The van der Waals surface area contributed by atoms with Gasteiger partial charge in [0.15, 0.2) is 12.2 Å². The molecule has 0 spiro atoms. The smallest absolute Gasteiger partial charge is 0.321 e. The van der Waals surface area contributed by atoms with Gasteiger partial charge in [0.25, 0.3) is 5.91 Å². The van der Waals surface area contributed by atoms with E-state index < -0.39 is 24.5 Å². The molecular formula is C17H21N3O5. The number of benzene rings is 1. The first-order valence-corrected chi connectivity index (χ1v) is 8.02. The number of rotatable bonds is 7. The molecular weight excluding hydrogens is 326 g/mol. The molecule has 25 heavy (non-hydrogen) atoms. The van der Waals surface area contributed by atoms with Crippen molar-refractivity contribution >= 4 is 28.9 Å². The number of hydrogen-bond donors (Lipinski definition) is 2. The highest BCUT2D eigenvalue weighted by molar-refractivity contribution is 5.95. The third-order valence-electron chi connectivity index (χ3n) is 3.39. The Bertz CT molecular complexity index is 754. The summed E-state index contributed by atoms with van der Waals surface area (Å²) < 4.78 is 9.95. The van der Waals surface area contributed by atoms with E-state index >= 15 is 0 Å². The molecule has 0 atom stereocenters. The molecule has 134 valence electrons. The van der Waals surface area contributed by atoms with Gasteiger partial charge in [-0.1, -0.05) is 31.1 Å². The highest BCUT2D eigenvalue weighted by Crippen LogP contribution is 2.18. The molecule has 0 saturated heterocycles. The Morgan fingerprint density at radius 3 is 2.76 bits per heavy atom. The summed E-state index contributed by atoms with van der Waals surface area (Å²) in [7, 11) is 0. The lowest BCUT2D eigenvalue weighted by Gasteiger charge is -2.08. The van der Waals surface area contributed by atoms with Gasteiger partial charge in [-0.2, -0.15) is 0 Å². The maximum absolute atomic E-state index is 11.8. The van der Waals surface area contributed by atoms with Gasteiger partial charge in [0.05, 0.1) is 6.42 Å². The molecule has 0 saturated carbocycles. The molecule has 0 bridgehead atoms. The van der Waals surface area contributed by atoms with Crippen molar-refractivity contribution in [2.45, 2.75) is 26.7 Å². The maximum Gasteiger partial charge on any atom is 0.321 e. The van der Waals surface area contributed by atoms with Gasteiger partial charge in [0.1, 0.15) is 5.69 Å². The molecule has 2 N–H and O–H groups in total. The minimum atomic E-state index is -0.694. The molecule has 2 rings (SSSR count). The van der Waals surface area contributed by atoms with Gasteiger partial charge in [-0.3, -0.25) is 14.9 Å². The predicted octanol–water partition coefficient (Wildman–Crippen LogP) is 1.79. The summed E-state index contributed by atoms with van der Waals surface area (Å²) in [6.07, 6.45) is 0.688. The van der Waals surface area contributed by atoms with Crippen LogP contribution < -0.4 is 10.6 Å². The molecule has 0 aliphatic rings. The van der Waals surface area contributed by atoms with Crippen LogP contribution in [0, 0.1) is 5.92 Å². The number of imide groups is 1. The fourth-order valence-electron chi connectivity index (χ4n) is 2.08. The summed E-state index contributed by atoms with van der Waals surface area (Å²) in [5, 5.41) is 9.19. The minimum Gasteiger partial charge on any atom is -0.455 e. The first-order valence-electron chi connectivity index (χ1n) is 8.02. The number of nitrogens with one attached hydrogen (secondary N) is 2. The number of hydrogen-bond acceptors (Lipinski definition) is 6. The summed E-state index contributed by atoms with van der Waals surface area (Å²) in [6, 6.07) is 6.51. The molecule has 0 fully saturated rings. The third-order valence-corrected chi connectivity index (χ3v) is 3.39. The van der Waals surface area contributed by atoms with E-state index in [0.717, 1.165) is 6.42 Å². The number of nitrogens with zero attached hydrogens (tertiary/aromatic N) is 1. The monoisotopic (exact) mass is 347 g/mol. The molecule has 2 aromatic rings. The number of urea groups is 1. The Labute approximate surface area is 144 Å². The van der Waals surface area contributed by atoms with E-state index in [1.807, 2.05) is 13.8 Å². The van der Waals surface area contributed by atoms with Crippen LogP contribution >= 0.6 is 0 Å². The number of para-hydroxylation sites is 1. The van der Waals surface area contributed by atoms with E-state index in [2.05, 4.69) is 15.8 Å². The molecule has 0 aliphatic carbocycles.